The maximum absolute atomic E-state index is 12.7. The Morgan fingerprint density at radius 1 is 1.29 bits per heavy atom. The van der Waals surface area contributed by atoms with Gasteiger partial charge in [-0.05, 0) is 30.7 Å². The van der Waals surface area contributed by atoms with Crippen molar-refractivity contribution in [1.29, 1.82) is 0 Å². The van der Waals surface area contributed by atoms with Crippen LogP contribution in [-0.2, 0) is 6.18 Å². The number of halogens is 4. The van der Waals surface area contributed by atoms with E-state index in [-0.39, 0.29) is 5.56 Å². The summed E-state index contributed by atoms with van der Waals surface area (Å²) in [6.45, 7) is 1.47. The highest BCUT2D eigenvalue weighted by Gasteiger charge is 2.34. The van der Waals surface area contributed by atoms with E-state index in [1.807, 2.05) is 0 Å². The van der Waals surface area contributed by atoms with E-state index in [4.69, 9.17) is 0 Å². The van der Waals surface area contributed by atoms with Gasteiger partial charge in [0.2, 0.25) is 0 Å². The minimum absolute atomic E-state index is 0.138. The lowest BCUT2D eigenvalue weighted by atomic mass is 10.0. The van der Waals surface area contributed by atoms with Gasteiger partial charge in [-0.2, -0.15) is 25.8 Å². The van der Waals surface area contributed by atoms with Gasteiger partial charge >= 0.3 is 6.18 Å². The van der Waals surface area contributed by atoms with Crippen molar-refractivity contribution in [2.75, 3.05) is 0 Å². The Labute approximate surface area is 84.3 Å². The first-order valence-corrected chi connectivity index (χ1v) is 4.38. The van der Waals surface area contributed by atoms with Crippen LogP contribution in [0.15, 0.2) is 18.2 Å². The minimum atomic E-state index is -4.46. The van der Waals surface area contributed by atoms with E-state index >= 15 is 0 Å². The fourth-order valence-corrected chi connectivity index (χ4v) is 1.35. The van der Waals surface area contributed by atoms with Crippen LogP contribution in [0, 0.1) is 5.82 Å². The van der Waals surface area contributed by atoms with Crippen LogP contribution in [0.25, 0.3) is 0 Å². The quantitative estimate of drug-likeness (QED) is 0.544. The largest absolute Gasteiger partial charge is 0.416 e. The number of benzene rings is 1. The summed E-state index contributed by atoms with van der Waals surface area (Å²) < 4.78 is 49.8. The molecule has 78 valence electrons. The highest BCUT2D eigenvalue weighted by Crippen LogP contribution is 2.36. The number of hydrogen-bond acceptors (Lipinski definition) is 1. The maximum Gasteiger partial charge on any atom is 0.416 e. The van der Waals surface area contributed by atoms with Gasteiger partial charge in [0, 0.05) is 5.25 Å². The van der Waals surface area contributed by atoms with Crippen LogP contribution in [0.3, 0.4) is 0 Å². The smallest absolute Gasteiger partial charge is 0.207 e. The molecule has 0 radical (unpaired) electrons. The third-order valence-electron chi connectivity index (χ3n) is 1.77. The molecule has 0 aliphatic rings. The van der Waals surface area contributed by atoms with E-state index in [1.54, 1.807) is 0 Å². The SMILES string of the molecule is CC(S)c1cc(F)ccc1C(F)(F)F. The molecule has 1 rings (SSSR count). The molecule has 0 spiro atoms. The van der Waals surface area contributed by atoms with E-state index in [0.29, 0.717) is 0 Å². The molecule has 1 aromatic carbocycles. The van der Waals surface area contributed by atoms with Gasteiger partial charge in [0.1, 0.15) is 5.82 Å². The molecule has 0 amide bonds. The zero-order valence-electron chi connectivity index (χ0n) is 7.27. The van der Waals surface area contributed by atoms with Crippen molar-refractivity contribution in [3.63, 3.8) is 0 Å². The van der Waals surface area contributed by atoms with Crippen molar-refractivity contribution in [3.8, 4) is 0 Å². The summed E-state index contributed by atoms with van der Waals surface area (Å²) in [5.74, 6) is -0.686. The van der Waals surface area contributed by atoms with Crippen LogP contribution in [0.2, 0.25) is 0 Å². The van der Waals surface area contributed by atoms with Crippen molar-refractivity contribution in [2.24, 2.45) is 0 Å². The summed E-state index contributed by atoms with van der Waals surface area (Å²) in [6, 6.07) is 2.39. The molecule has 0 aliphatic carbocycles. The predicted octanol–water partition coefficient (Wildman–Crippen LogP) is 3.84. The van der Waals surface area contributed by atoms with Gasteiger partial charge in [-0.25, -0.2) is 4.39 Å². The number of alkyl halides is 3. The van der Waals surface area contributed by atoms with Crippen LogP contribution in [0.1, 0.15) is 23.3 Å². The molecular formula is C9H8F4S. The highest BCUT2D eigenvalue weighted by atomic mass is 32.1. The topological polar surface area (TPSA) is 0 Å². The van der Waals surface area contributed by atoms with Crippen LogP contribution < -0.4 is 0 Å². The lowest BCUT2D eigenvalue weighted by Gasteiger charge is -2.14. The molecule has 0 bridgehead atoms. The van der Waals surface area contributed by atoms with Gasteiger partial charge < -0.3 is 0 Å². The van der Waals surface area contributed by atoms with E-state index in [1.165, 1.54) is 6.92 Å². The Balaban J connectivity index is 3.29. The van der Waals surface area contributed by atoms with Gasteiger partial charge in [-0.3, -0.25) is 0 Å². The Hall–Kier alpha value is -0.710. The molecule has 1 aromatic rings. The third-order valence-corrected chi connectivity index (χ3v) is 2.05. The Morgan fingerprint density at radius 2 is 1.86 bits per heavy atom. The van der Waals surface area contributed by atoms with Crippen molar-refractivity contribution >= 4 is 12.6 Å². The van der Waals surface area contributed by atoms with E-state index < -0.39 is 22.8 Å². The van der Waals surface area contributed by atoms with Crippen molar-refractivity contribution in [3.05, 3.63) is 35.1 Å². The molecule has 0 fully saturated rings. The van der Waals surface area contributed by atoms with Crippen LogP contribution in [0.4, 0.5) is 17.6 Å². The second-order valence-corrected chi connectivity index (χ2v) is 3.68. The first kappa shape index (κ1) is 11.4. The molecule has 0 nitrogen and oxygen atoms in total. The summed E-state index contributed by atoms with van der Waals surface area (Å²) in [6.07, 6.45) is -4.46. The van der Waals surface area contributed by atoms with Gasteiger partial charge in [-0.15, -0.1) is 0 Å². The number of hydrogen-bond donors (Lipinski definition) is 1. The fraction of sp³-hybridized carbons (Fsp3) is 0.333. The highest BCUT2D eigenvalue weighted by molar-refractivity contribution is 7.80. The first-order chi connectivity index (χ1) is 6.32. The zero-order valence-corrected chi connectivity index (χ0v) is 8.16. The Kier molecular flexibility index (Phi) is 3.09. The van der Waals surface area contributed by atoms with E-state index in [0.717, 1.165) is 18.2 Å². The summed E-state index contributed by atoms with van der Waals surface area (Å²) in [5, 5.41) is -0.651. The summed E-state index contributed by atoms with van der Waals surface area (Å²) in [5.41, 5.74) is -0.970. The van der Waals surface area contributed by atoms with E-state index in [9.17, 15) is 17.6 Å². The average molecular weight is 224 g/mol. The Bertz CT molecular complexity index is 330. The Morgan fingerprint density at radius 3 is 2.29 bits per heavy atom. The molecule has 5 heteroatoms. The summed E-state index contributed by atoms with van der Waals surface area (Å²) in [4.78, 5) is 0. The van der Waals surface area contributed by atoms with Gasteiger partial charge in [0.15, 0.2) is 0 Å². The monoisotopic (exact) mass is 224 g/mol. The van der Waals surface area contributed by atoms with Gasteiger partial charge in [-0.1, -0.05) is 0 Å². The third kappa shape index (κ3) is 2.41. The zero-order chi connectivity index (χ0) is 10.9. The normalized spacial score (nSPS) is 14.1. The average Bonchev–Trinajstić information content (AvgIpc) is 2.01. The molecule has 14 heavy (non-hydrogen) atoms. The van der Waals surface area contributed by atoms with Gasteiger partial charge in [0.05, 0.1) is 5.56 Å². The predicted molar refractivity (Wildman–Crippen MR) is 48.8 cm³/mol. The minimum Gasteiger partial charge on any atom is -0.207 e. The first-order valence-electron chi connectivity index (χ1n) is 3.87. The molecule has 0 aliphatic heterocycles. The molecule has 0 saturated carbocycles. The molecule has 0 N–H and O–H groups in total. The van der Waals surface area contributed by atoms with Crippen molar-refractivity contribution in [1.82, 2.24) is 0 Å². The lowest BCUT2D eigenvalue weighted by Crippen LogP contribution is -2.09. The molecule has 1 unspecified atom stereocenters. The standard InChI is InChI=1S/C9H8F4S/c1-5(14)7-4-6(10)2-3-8(7)9(11,12)13/h2-5,14H,1H3. The molecular weight excluding hydrogens is 216 g/mol. The van der Waals surface area contributed by atoms with Crippen molar-refractivity contribution in [2.45, 2.75) is 18.3 Å². The number of rotatable bonds is 1. The fourth-order valence-electron chi connectivity index (χ4n) is 1.14. The van der Waals surface area contributed by atoms with E-state index in [2.05, 4.69) is 12.6 Å². The van der Waals surface area contributed by atoms with Crippen LogP contribution in [-0.4, -0.2) is 0 Å². The van der Waals surface area contributed by atoms with Crippen LogP contribution in [0.5, 0.6) is 0 Å². The second kappa shape index (κ2) is 3.81. The maximum atomic E-state index is 12.7. The summed E-state index contributed by atoms with van der Waals surface area (Å²) >= 11 is 3.87. The van der Waals surface area contributed by atoms with Crippen LogP contribution >= 0.6 is 12.6 Å². The second-order valence-electron chi connectivity index (χ2n) is 2.91. The summed E-state index contributed by atoms with van der Waals surface area (Å²) in [7, 11) is 0. The molecule has 0 saturated heterocycles. The number of thiol groups is 1. The molecule has 0 aromatic heterocycles. The lowest BCUT2D eigenvalue weighted by molar-refractivity contribution is -0.138. The van der Waals surface area contributed by atoms with Crippen molar-refractivity contribution < 1.29 is 17.6 Å². The van der Waals surface area contributed by atoms with Gasteiger partial charge in [0.25, 0.3) is 0 Å². The molecule has 1 atom stereocenters. The molecule has 0 heterocycles.